The lowest BCUT2D eigenvalue weighted by atomic mass is 9.94. The maximum Gasteiger partial charge on any atom is 0.298 e. The highest BCUT2D eigenvalue weighted by Crippen LogP contribution is 2.32. The van der Waals surface area contributed by atoms with Crippen molar-refractivity contribution in [2.45, 2.75) is 12.5 Å². The Morgan fingerprint density at radius 2 is 1.82 bits per heavy atom. The molecule has 2 heterocycles. The van der Waals surface area contributed by atoms with Crippen LogP contribution >= 0.6 is 0 Å². The summed E-state index contributed by atoms with van der Waals surface area (Å²) >= 11 is 0. The molecule has 0 saturated carbocycles. The Balaban J connectivity index is 1.66. The van der Waals surface area contributed by atoms with Gasteiger partial charge in [0.2, 0.25) is 0 Å². The van der Waals surface area contributed by atoms with Crippen LogP contribution < -0.4 is 4.90 Å². The second-order valence-corrected chi connectivity index (χ2v) is 5.83. The van der Waals surface area contributed by atoms with Crippen LogP contribution in [0.25, 0.3) is 11.1 Å². The maximum absolute atomic E-state index is 6.07. The molecule has 0 aliphatic carbocycles. The highest BCUT2D eigenvalue weighted by Gasteiger charge is 2.35. The fourth-order valence-electron chi connectivity index (χ4n) is 2.99. The van der Waals surface area contributed by atoms with E-state index in [1.807, 2.05) is 42.5 Å². The molecular weight excluding hydrogens is 276 g/mol. The van der Waals surface area contributed by atoms with Crippen LogP contribution in [-0.4, -0.2) is 24.7 Å². The van der Waals surface area contributed by atoms with E-state index >= 15 is 0 Å². The smallest absolute Gasteiger partial charge is 0.298 e. The number of aromatic nitrogens is 1. The molecule has 3 aromatic rings. The quantitative estimate of drug-likeness (QED) is 0.724. The van der Waals surface area contributed by atoms with E-state index in [0.717, 1.165) is 24.2 Å². The topological polar surface area (TPSA) is 38.5 Å². The summed E-state index contributed by atoms with van der Waals surface area (Å²) in [6, 6.07) is 18.9. The summed E-state index contributed by atoms with van der Waals surface area (Å²) in [7, 11) is 0. The lowest BCUT2D eigenvalue weighted by molar-refractivity contribution is -0.0477. The molecule has 2 aromatic carbocycles. The number of ether oxygens (including phenoxy) is 1. The summed E-state index contributed by atoms with van der Waals surface area (Å²) in [5.41, 5.74) is 2.55. The Morgan fingerprint density at radius 1 is 1.05 bits per heavy atom. The molecule has 1 fully saturated rings. The predicted molar refractivity (Wildman–Crippen MR) is 86.0 cm³/mol. The second-order valence-electron chi connectivity index (χ2n) is 5.83. The van der Waals surface area contributed by atoms with E-state index < -0.39 is 0 Å². The largest absolute Gasteiger partial charge is 0.423 e. The number of para-hydroxylation sites is 2. The SMILES string of the molecule is CC1(c2ccccc2)CN(c2nc3ccccc3o2)CCO1. The summed E-state index contributed by atoms with van der Waals surface area (Å²) in [4.78, 5) is 6.76. The Morgan fingerprint density at radius 3 is 2.64 bits per heavy atom. The Bertz CT molecular complexity index is 751. The van der Waals surface area contributed by atoms with Gasteiger partial charge in [-0.15, -0.1) is 0 Å². The van der Waals surface area contributed by atoms with Crippen molar-refractivity contribution in [2.75, 3.05) is 24.6 Å². The highest BCUT2D eigenvalue weighted by atomic mass is 16.5. The van der Waals surface area contributed by atoms with E-state index in [2.05, 4.69) is 28.9 Å². The Hall–Kier alpha value is -2.33. The molecular formula is C18H18N2O2. The van der Waals surface area contributed by atoms with Crippen LogP contribution in [0.2, 0.25) is 0 Å². The molecule has 22 heavy (non-hydrogen) atoms. The molecule has 4 heteroatoms. The van der Waals surface area contributed by atoms with Crippen molar-refractivity contribution in [3.05, 3.63) is 60.2 Å². The molecule has 1 aliphatic rings. The van der Waals surface area contributed by atoms with Crippen molar-refractivity contribution in [2.24, 2.45) is 0 Å². The molecule has 0 N–H and O–H groups in total. The van der Waals surface area contributed by atoms with Crippen LogP contribution in [0.4, 0.5) is 6.01 Å². The van der Waals surface area contributed by atoms with Gasteiger partial charge < -0.3 is 14.1 Å². The summed E-state index contributed by atoms with van der Waals surface area (Å²) < 4.78 is 12.0. The van der Waals surface area contributed by atoms with E-state index in [1.54, 1.807) is 0 Å². The van der Waals surface area contributed by atoms with Gasteiger partial charge in [0, 0.05) is 6.54 Å². The molecule has 1 aromatic heterocycles. The van der Waals surface area contributed by atoms with Gasteiger partial charge in [0.15, 0.2) is 5.58 Å². The maximum atomic E-state index is 6.07. The Labute approximate surface area is 129 Å². The van der Waals surface area contributed by atoms with Crippen LogP contribution in [0, 0.1) is 0 Å². The monoisotopic (exact) mass is 294 g/mol. The molecule has 1 aliphatic heterocycles. The van der Waals surface area contributed by atoms with Crippen molar-refractivity contribution in [3.63, 3.8) is 0 Å². The highest BCUT2D eigenvalue weighted by molar-refractivity contribution is 5.74. The molecule has 0 radical (unpaired) electrons. The van der Waals surface area contributed by atoms with Gasteiger partial charge in [0.25, 0.3) is 6.01 Å². The first-order valence-corrected chi connectivity index (χ1v) is 7.55. The number of fused-ring (bicyclic) bond motifs is 1. The van der Waals surface area contributed by atoms with Crippen molar-refractivity contribution in [1.29, 1.82) is 0 Å². The molecule has 1 unspecified atom stereocenters. The number of nitrogens with zero attached hydrogens (tertiary/aromatic N) is 2. The Kier molecular flexibility index (Phi) is 3.12. The minimum atomic E-state index is -0.347. The van der Waals surface area contributed by atoms with Crippen molar-refractivity contribution in [1.82, 2.24) is 4.98 Å². The zero-order valence-corrected chi connectivity index (χ0v) is 12.5. The third kappa shape index (κ3) is 2.25. The average Bonchev–Trinajstić information content (AvgIpc) is 3.00. The molecule has 0 amide bonds. The van der Waals surface area contributed by atoms with Gasteiger partial charge >= 0.3 is 0 Å². The van der Waals surface area contributed by atoms with E-state index in [0.29, 0.717) is 12.6 Å². The normalized spacial score (nSPS) is 22.1. The first kappa shape index (κ1) is 13.3. The number of rotatable bonds is 2. The summed E-state index contributed by atoms with van der Waals surface area (Å²) in [6.07, 6.45) is 0. The van der Waals surface area contributed by atoms with Gasteiger partial charge in [0.1, 0.15) is 11.1 Å². The molecule has 4 nitrogen and oxygen atoms in total. The number of oxazole rings is 1. The first-order valence-electron chi connectivity index (χ1n) is 7.55. The summed E-state index contributed by atoms with van der Waals surface area (Å²) in [5, 5.41) is 0. The number of hydrogen-bond acceptors (Lipinski definition) is 4. The minimum Gasteiger partial charge on any atom is -0.423 e. The standard InChI is InChI=1S/C18H18N2O2/c1-18(14-7-3-2-4-8-14)13-20(11-12-21-18)17-19-15-9-5-6-10-16(15)22-17/h2-10H,11-13H2,1H3. The fourth-order valence-corrected chi connectivity index (χ4v) is 2.99. The average molecular weight is 294 g/mol. The third-order valence-electron chi connectivity index (χ3n) is 4.21. The minimum absolute atomic E-state index is 0.347. The number of hydrogen-bond donors (Lipinski definition) is 0. The van der Waals surface area contributed by atoms with Crippen molar-refractivity contribution >= 4 is 17.1 Å². The number of benzene rings is 2. The first-order chi connectivity index (χ1) is 10.7. The summed E-state index contributed by atoms with van der Waals surface area (Å²) in [5.74, 6) is 0. The molecule has 0 spiro atoms. The summed E-state index contributed by atoms with van der Waals surface area (Å²) in [6.45, 7) is 4.29. The molecule has 1 atom stereocenters. The third-order valence-corrected chi connectivity index (χ3v) is 4.21. The molecule has 4 rings (SSSR count). The van der Waals surface area contributed by atoms with Crippen molar-refractivity contribution in [3.8, 4) is 0 Å². The predicted octanol–water partition coefficient (Wildman–Crippen LogP) is 3.58. The fraction of sp³-hybridized carbons (Fsp3) is 0.278. The molecule has 0 bridgehead atoms. The van der Waals surface area contributed by atoms with Crippen LogP contribution in [0.5, 0.6) is 0 Å². The van der Waals surface area contributed by atoms with Crippen molar-refractivity contribution < 1.29 is 9.15 Å². The zero-order chi connectivity index (χ0) is 15.0. The zero-order valence-electron chi connectivity index (χ0n) is 12.5. The van der Waals surface area contributed by atoms with Gasteiger partial charge in [-0.25, -0.2) is 0 Å². The van der Waals surface area contributed by atoms with Gasteiger partial charge in [-0.1, -0.05) is 42.5 Å². The van der Waals surface area contributed by atoms with Crippen LogP contribution in [-0.2, 0) is 10.3 Å². The van der Waals surface area contributed by atoms with Crippen LogP contribution in [0.3, 0.4) is 0 Å². The van der Waals surface area contributed by atoms with E-state index in [-0.39, 0.29) is 5.60 Å². The lowest BCUT2D eigenvalue weighted by Crippen LogP contribution is -2.48. The van der Waals surface area contributed by atoms with Gasteiger partial charge in [0.05, 0.1) is 13.2 Å². The van der Waals surface area contributed by atoms with Gasteiger partial charge in [-0.3, -0.25) is 0 Å². The number of morpholine rings is 1. The number of anilines is 1. The molecule has 1 saturated heterocycles. The lowest BCUT2D eigenvalue weighted by Gasteiger charge is -2.40. The van der Waals surface area contributed by atoms with Crippen LogP contribution in [0.1, 0.15) is 12.5 Å². The second kappa shape index (κ2) is 5.14. The van der Waals surface area contributed by atoms with E-state index in [1.165, 1.54) is 5.56 Å². The molecule has 112 valence electrons. The van der Waals surface area contributed by atoms with Gasteiger partial charge in [-0.05, 0) is 24.6 Å². The van der Waals surface area contributed by atoms with Gasteiger partial charge in [-0.2, -0.15) is 4.98 Å². The van der Waals surface area contributed by atoms with E-state index in [4.69, 9.17) is 9.15 Å². The van der Waals surface area contributed by atoms with E-state index in [9.17, 15) is 0 Å². The van der Waals surface area contributed by atoms with Crippen LogP contribution in [0.15, 0.2) is 59.0 Å².